The van der Waals surface area contributed by atoms with E-state index in [1.54, 1.807) is 27.9 Å². The number of carbonyl (C=O) groups excluding carboxylic acids is 2. The van der Waals surface area contributed by atoms with Gasteiger partial charge < -0.3 is 19.5 Å². The van der Waals surface area contributed by atoms with Gasteiger partial charge in [0.2, 0.25) is 0 Å². The van der Waals surface area contributed by atoms with E-state index in [1.807, 2.05) is 48.5 Å². The highest BCUT2D eigenvalue weighted by atomic mass is 16.6. The molecular weight excluding hydrogens is 454 g/mol. The van der Waals surface area contributed by atoms with Crippen LogP contribution in [0.3, 0.4) is 0 Å². The maximum atomic E-state index is 12.9. The molecule has 0 saturated carbocycles. The van der Waals surface area contributed by atoms with E-state index in [-0.39, 0.29) is 12.5 Å². The normalized spacial score (nSPS) is 13.3. The first-order chi connectivity index (χ1) is 17.2. The van der Waals surface area contributed by atoms with Crippen molar-refractivity contribution in [3.05, 3.63) is 89.5 Å². The van der Waals surface area contributed by atoms with Gasteiger partial charge in [-0.05, 0) is 73.6 Å². The van der Waals surface area contributed by atoms with Crippen molar-refractivity contribution in [2.75, 3.05) is 13.7 Å². The maximum Gasteiger partial charge on any atom is 0.407 e. The van der Waals surface area contributed by atoms with Crippen molar-refractivity contribution in [3.63, 3.8) is 0 Å². The number of carbonyl (C=O) groups is 2. The van der Waals surface area contributed by atoms with Crippen LogP contribution in [0.1, 0.15) is 49.8 Å². The molecule has 1 aliphatic carbocycles. The average molecular weight is 488 g/mol. The van der Waals surface area contributed by atoms with Crippen molar-refractivity contribution >= 4 is 12.1 Å². The van der Waals surface area contributed by atoms with Crippen molar-refractivity contribution in [1.82, 2.24) is 5.32 Å². The molecule has 4 rings (SSSR count). The second-order valence-corrected chi connectivity index (χ2v) is 9.95. The Hall–Kier alpha value is -3.80. The molecular formula is C30H33NO5. The lowest BCUT2D eigenvalue weighted by atomic mass is 9.98. The van der Waals surface area contributed by atoms with Crippen LogP contribution < -0.4 is 10.1 Å². The van der Waals surface area contributed by atoms with Crippen LogP contribution in [-0.2, 0) is 20.7 Å². The number of aryl methyl sites for hydroxylation is 1. The van der Waals surface area contributed by atoms with Gasteiger partial charge in [0.15, 0.2) is 0 Å². The molecule has 0 heterocycles. The summed E-state index contributed by atoms with van der Waals surface area (Å²) in [6.45, 7) is 5.59. The van der Waals surface area contributed by atoms with Crippen LogP contribution in [0.15, 0.2) is 72.8 Å². The van der Waals surface area contributed by atoms with Crippen LogP contribution in [0, 0.1) is 0 Å². The van der Waals surface area contributed by atoms with E-state index < -0.39 is 23.7 Å². The number of hydrogen-bond donors (Lipinski definition) is 1. The smallest absolute Gasteiger partial charge is 0.407 e. The average Bonchev–Trinajstić information content (AvgIpc) is 3.18. The molecule has 0 aliphatic heterocycles. The van der Waals surface area contributed by atoms with Gasteiger partial charge in [-0.1, -0.05) is 60.7 Å². The SMILES string of the molecule is COc1cccc(CCC(NC(=O)OCC2c3ccccc3-c3ccccc32)C(=O)OC(C)(C)C)c1. The number of rotatable bonds is 8. The quantitative estimate of drug-likeness (QED) is 0.402. The third kappa shape index (κ3) is 6.06. The molecule has 0 aromatic heterocycles. The number of alkyl carbamates (subject to hydrolysis) is 1. The Morgan fingerprint density at radius 1 is 0.917 bits per heavy atom. The second kappa shape index (κ2) is 10.9. The van der Waals surface area contributed by atoms with Gasteiger partial charge in [0.25, 0.3) is 0 Å². The van der Waals surface area contributed by atoms with Crippen molar-refractivity contribution < 1.29 is 23.8 Å². The molecule has 6 nitrogen and oxygen atoms in total. The van der Waals surface area contributed by atoms with Crippen molar-refractivity contribution in [3.8, 4) is 16.9 Å². The van der Waals surface area contributed by atoms with Crippen LogP contribution in [0.2, 0.25) is 0 Å². The summed E-state index contributed by atoms with van der Waals surface area (Å²) in [5.74, 6) is 0.199. The lowest BCUT2D eigenvalue weighted by molar-refractivity contribution is -0.157. The lowest BCUT2D eigenvalue weighted by Crippen LogP contribution is -2.45. The highest BCUT2D eigenvalue weighted by molar-refractivity contribution is 5.82. The topological polar surface area (TPSA) is 73.9 Å². The third-order valence-corrected chi connectivity index (χ3v) is 6.18. The molecule has 0 spiro atoms. The van der Waals surface area contributed by atoms with Gasteiger partial charge >= 0.3 is 12.1 Å². The summed E-state index contributed by atoms with van der Waals surface area (Å²) in [5.41, 5.74) is 4.91. The molecule has 0 bridgehead atoms. The minimum atomic E-state index is -0.842. The Balaban J connectivity index is 1.43. The number of ether oxygens (including phenoxy) is 3. The van der Waals surface area contributed by atoms with Gasteiger partial charge in [0.05, 0.1) is 7.11 Å². The summed E-state index contributed by atoms with van der Waals surface area (Å²) in [7, 11) is 1.61. The largest absolute Gasteiger partial charge is 0.497 e. The first kappa shape index (κ1) is 25.3. The van der Waals surface area contributed by atoms with E-state index in [2.05, 4.69) is 29.6 Å². The molecule has 36 heavy (non-hydrogen) atoms. The molecule has 0 fully saturated rings. The van der Waals surface area contributed by atoms with Crippen LogP contribution in [0.5, 0.6) is 5.75 Å². The van der Waals surface area contributed by atoms with Gasteiger partial charge in [-0.15, -0.1) is 0 Å². The fraction of sp³-hybridized carbons (Fsp3) is 0.333. The minimum absolute atomic E-state index is 0.0556. The predicted molar refractivity (Wildman–Crippen MR) is 139 cm³/mol. The van der Waals surface area contributed by atoms with E-state index in [4.69, 9.17) is 14.2 Å². The Morgan fingerprint density at radius 3 is 2.17 bits per heavy atom. The Bertz CT molecular complexity index is 1180. The van der Waals surface area contributed by atoms with Gasteiger partial charge in [-0.2, -0.15) is 0 Å². The second-order valence-electron chi connectivity index (χ2n) is 9.95. The molecule has 1 aliphatic rings. The molecule has 6 heteroatoms. The number of nitrogens with one attached hydrogen (secondary N) is 1. The molecule has 1 amide bonds. The first-order valence-corrected chi connectivity index (χ1v) is 12.2. The summed E-state index contributed by atoms with van der Waals surface area (Å²) in [5, 5.41) is 2.74. The van der Waals surface area contributed by atoms with Gasteiger partial charge in [-0.3, -0.25) is 0 Å². The summed E-state index contributed by atoms with van der Waals surface area (Å²) < 4.78 is 16.5. The van der Waals surface area contributed by atoms with Crippen molar-refractivity contribution in [2.45, 2.75) is 51.2 Å². The molecule has 3 aromatic carbocycles. The van der Waals surface area contributed by atoms with Gasteiger partial charge in [0, 0.05) is 5.92 Å². The predicted octanol–water partition coefficient (Wildman–Crippen LogP) is 5.88. The fourth-order valence-corrected chi connectivity index (χ4v) is 4.54. The maximum absolute atomic E-state index is 12.9. The monoisotopic (exact) mass is 487 g/mol. The lowest BCUT2D eigenvalue weighted by Gasteiger charge is -2.25. The summed E-state index contributed by atoms with van der Waals surface area (Å²) in [4.78, 5) is 25.8. The molecule has 3 aromatic rings. The highest BCUT2D eigenvalue weighted by Gasteiger charge is 2.31. The van der Waals surface area contributed by atoms with Crippen LogP contribution >= 0.6 is 0 Å². The molecule has 1 N–H and O–H groups in total. The Morgan fingerprint density at radius 2 is 1.56 bits per heavy atom. The van der Waals surface area contributed by atoms with Crippen molar-refractivity contribution in [1.29, 1.82) is 0 Å². The van der Waals surface area contributed by atoms with E-state index in [1.165, 1.54) is 0 Å². The molecule has 0 saturated heterocycles. The Labute approximate surface area is 212 Å². The number of esters is 1. The molecule has 1 unspecified atom stereocenters. The van der Waals surface area contributed by atoms with Crippen LogP contribution in [0.4, 0.5) is 4.79 Å². The van der Waals surface area contributed by atoms with E-state index in [0.717, 1.165) is 33.6 Å². The summed E-state index contributed by atoms with van der Waals surface area (Å²) in [6, 6.07) is 23.1. The zero-order valence-corrected chi connectivity index (χ0v) is 21.2. The van der Waals surface area contributed by atoms with Crippen LogP contribution in [-0.4, -0.2) is 37.4 Å². The van der Waals surface area contributed by atoms with Crippen LogP contribution in [0.25, 0.3) is 11.1 Å². The number of benzene rings is 3. The minimum Gasteiger partial charge on any atom is -0.497 e. The standard InChI is InChI=1S/C30H33NO5/c1-30(2,3)36-28(32)27(17-16-20-10-9-11-21(18-20)34-4)31-29(33)35-19-26-24-14-7-5-12-22(24)23-13-6-8-15-25(23)26/h5-15,18,26-27H,16-17,19H2,1-4H3,(H,31,33). The number of methoxy groups -OCH3 is 1. The highest BCUT2D eigenvalue weighted by Crippen LogP contribution is 2.44. The van der Waals surface area contributed by atoms with Crippen molar-refractivity contribution in [2.24, 2.45) is 0 Å². The molecule has 188 valence electrons. The van der Waals surface area contributed by atoms with E-state index in [0.29, 0.717) is 12.8 Å². The van der Waals surface area contributed by atoms with E-state index in [9.17, 15) is 9.59 Å². The molecule has 0 radical (unpaired) electrons. The summed E-state index contributed by atoms with van der Waals surface area (Å²) in [6.07, 6.45) is 0.287. The molecule has 1 atom stereocenters. The number of fused-ring (bicyclic) bond motifs is 3. The summed E-state index contributed by atoms with van der Waals surface area (Å²) >= 11 is 0. The number of hydrogen-bond acceptors (Lipinski definition) is 5. The first-order valence-electron chi connectivity index (χ1n) is 12.2. The van der Waals surface area contributed by atoms with Gasteiger partial charge in [-0.25, -0.2) is 9.59 Å². The number of amides is 1. The zero-order chi connectivity index (χ0) is 25.7. The van der Waals surface area contributed by atoms with Gasteiger partial charge in [0.1, 0.15) is 24.0 Å². The van der Waals surface area contributed by atoms with E-state index >= 15 is 0 Å². The Kier molecular flexibility index (Phi) is 7.63. The fourth-order valence-electron chi connectivity index (χ4n) is 4.54. The zero-order valence-electron chi connectivity index (χ0n) is 21.2. The third-order valence-electron chi connectivity index (χ3n) is 6.18.